The van der Waals surface area contributed by atoms with Crippen LogP contribution in [0.4, 0.5) is 5.69 Å². The van der Waals surface area contributed by atoms with E-state index in [4.69, 9.17) is 26.1 Å². The second-order valence-electron chi connectivity index (χ2n) is 7.46. The van der Waals surface area contributed by atoms with Gasteiger partial charge in [-0.2, -0.15) is 0 Å². The molecule has 0 unspecified atom stereocenters. The van der Waals surface area contributed by atoms with Crippen LogP contribution in [0, 0.1) is 0 Å². The Balaban J connectivity index is 1.45. The Morgan fingerprint density at radius 1 is 1.03 bits per heavy atom. The first-order chi connectivity index (χ1) is 15.7. The third kappa shape index (κ3) is 3.65. The Hall–Kier alpha value is -3.58. The van der Waals surface area contributed by atoms with E-state index in [1.165, 1.54) is 0 Å². The molecular weight excluding hydrogens is 428 g/mol. The van der Waals surface area contributed by atoms with E-state index in [2.05, 4.69) is 9.88 Å². The van der Waals surface area contributed by atoms with Gasteiger partial charge in [0.05, 0.1) is 18.2 Å². The summed E-state index contributed by atoms with van der Waals surface area (Å²) in [4.78, 5) is 25.9. The number of para-hydroxylation sites is 3. The zero-order valence-electron chi connectivity index (χ0n) is 17.5. The van der Waals surface area contributed by atoms with Gasteiger partial charge in [-0.05, 0) is 36.4 Å². The molecule has 2 aliphatic rings. The summed E-state index contributed by atoms with van der Waals surface area (Å²) in [5.74, 6) is 2.65. The second-order valence-corrected chi connectivity index (χ2v) is 7.82. The van der Waals surface area contributed by atoms with Gasteiger partial charge in [0.2, 0.25) is 0 Å². The van der Waals surface area contributed by atoms with Gasteiger partial charge >= 0.3 is 0 Å². The lowest BCUT2D eigenvalue weighted by Gasteiger charge is -2.36. The van der Waals surface area contributed by atoms with Crippen molar-refractivity contribution in [2.75, 3.05) is 33.3 Å². The molecule has 0 radical (unpaired) electrons. The summed E-state index contributed by atoms with van der Waals surface area (Å²) >= 11 is 6.13. The lowest BCUT2D eigenvalue weighted by Crippen LogP contribution is -2.50. The number of amides is 1. The van der Waals surface area contributed by atoms with E-state index in [-0.39, 0.29) is 11.1 Å². The molecule has 3 aromatic rings. The second kappa shape index (κ2) is 8.51. The molecule has 1 fully saturated rings. The molecule has 0 atom stereocenters. The highest BCUT2D eigenvalue weighted by Gasteiger charge is 2.29. The number of hydrogen-bond donors (Lipinski definition) is 0. The van der Waals surface area contributed by atoms with E-state index in [1.54, 1.807) is 30.3 Å². The smallest absolute Gasteiger partial charge is 0.257 e. The Morgan fingerprint density at radius 2 is 1.84 bits per heavy atom. The number of fused-ring (bicyclic) bond motifs is 2. The number of aromatic nitrogens is 1. The van der Waals surface area contributed by atoms with Gasteiger partial charge in [0.1, 0.15) is 16.7 Å². The SMILES string of the molecule is COc1cccc2c1Oc1ccccc1N=C2N1CCN(C(=O)c2cccnc2Cl)CC1. The number of carbonyl (C=O) groups excluding carboxylic acids is 1. The third-order valence-electron chi connectivity index (χ3n) is 5.60. The maximum Gasteiger partial charge on any atom is 0.257 e. The highest BCUT2D eigenvalue weighted by molar-refractivity contribution is 6.32. The average molecular weight is 449 g/mol. The number of amidine groups is 1. The number of benzene rings is 2. The first-order valence-electron chi connectivity index (χ1n) is 10.3. The predicted molar refractivity (Wildman–Crippen MR) is 122 cm³/mol. The number of rotatable bonds is 2. The van der Waals surface area contributed by atoms with Crippen LogP contribution in [0.25, 0.3) is 0 Å². The summed E-state index contributed by atoms with van der Waals surface area (Å²) in [6.07, 6.45) is 1.58. The van der Waals surface area contributed by atoms with Gasteiger partial charge in [-0.15, -0.1) is 0 Å². The molecule has 3 heterocycles. The molecule has 2 aromatic carbocycles. The third-order valence-corrected chi connectivity index (χ3v) is 5.90. The molecule has 1 aromatic heterocycles. The molecule has 0 N–H and O–H groups in total. The van der Waals surface area contributed by atoms with Gasteiger partial charge in [-0.1, -0.05) is 29.8 Å². The van der Waals surface area contributed by atoms with Crippen LogP contribution in [0.1, 0.15) is 15.9 Å². The van der Waals surface area contributed by atoms with Gasteiger partial charge < -0.3 is 19.3 Å². The minimum Gasteiger partial charge on any atom is -0.493 e. The topological polar surface area (TPSA) is 67.3 Å². The number of piperazine rings is 1. The van der Waals surface area contributed by atoms with Crippen LogP contribution in [-0.2, 0) is 0 Å². The molecule has 162 valence electrons. The number of aliphatic imine (C=N–C) groups is 1. The fraction of sp³-hybridized carbons (Fsp3) is 0.208. The molecule has 1 saturated heterocycles. The maximum atomic E-state index is 12.9. The van der Waals surface area contributed by atoms with E-state index in [1.807, 2.05) is 42.5 Å². The van der Waals surface area contributed by atoms with Crippen LogP contribution in [0.15, 0.2) is 65.8 Å². The van der Waals surface area contributed by atoms with E-state index < -0.39 is 0 Å². The van der Waals surface area contributed by atoms with Crippen LogP contribution in [-0.4, -0.2) is 59.8 Å². The number of carbonyl (C=O) groups is 1. The van der Waals surface area contributed by atoms with Crippen LogP contribution in [0.5, 0.6) is 17.2 Å². The fourth-order valence-corrected chi connectivity index (χ4v) is 4.16. The van der Waals surface area contributed by atoms with E-state index in [9.17, 15) is 4.79 Å². The van der Waals surface area contributed by atoms with Crippen LogP contribution >= 0.6 is 11.6 Å². The number of hydrogen-bond acceptors (Lipinski definition) is 6. The molecule has 5 rings (SSSR count). The Labute approximate surface area is 190 Å². The Bertz CT molecular complexity index is 1210. The molecule has 1 amide bonds. The van der Waals surface area contributed by atoms with Crippen LogP contribution in [0.2, 0.25) is 5.15 Å². The van der Waals surface area contributed by atoms with Crippen molar-refractivity contribution in [1.82, 2.24) is 14.8 Å². The van der Waals surface area contributed by atoms with E-state index >= 15 is 0 Å². The van der Waals surface area contributed by atoms with Crippen molar-refractivity contribution in [2.45, 2.75) is 0 Å². The molecule has 7 nitrogen and oxygen atoms in total. The van der Waals surface area contributed by atoms with Crippen molar-refractivity contribution in [3.05, 3.63) is 77.1 Å². The Morgan fingerprint density at radius 3 is 2.62 bits per heavy atom. The summed E-state index contributed by atoms with van der Waals surface area (Å²) in [7, 11) is 1.63. The number of methoxy groups -OCH3 is 1. The average Bonchev–Trinajstić information content (AvgIpc) is 3.01. The fourth-order valence-electron chi connectivity index (χ4n) is 3.96. The van der Waals surface area contributed by atoms with Crippen LogP contribution < -0.4 is 9.47 Å². The lowest BCUT2D eigenvalue weighted by atomic mass is 10.1. The van der Waals surface area contributed by atoms with Gasteiger partial charge in [0.25, 0.3) is 5.91 Å². The van der Waals surface area contributed by atoms with Crippen molar-refractivity contribution in [3.8, 4) is 17.2 Å². The summed E-state index contributed by atoms with van der Waals surface area (Å²) in [6.45, 7) is 2.35. The minimum absolute atomic E-state index is 0.110. The number of nitrogens with zero attached hydrogens (tertiary/aromatic N) is 4. The number of halogens is 1. The zero-order valence-corrected chi connectivity index (χ0v) is 18.2. The Kier molecular flexibility index (Phi) is 5.41. The zero-order chi connectivity index (χ0) is 22.1. The van der Waals surface area contributed by atoms with E-state index in [0.29, 0.717) is 49.0 Å². The standard InChI is InChI=1S/C24H21ClN4O3/c1-31-20-10-4-6-16-21(20)32-19-9-3-2-8-18(19)27-23(16)28-12-14-29(15-13-28)24(30)17-7-5-11-26-22(17)25/h2-11H,12-15H2,1H3. The first kappa shape index (κ1) is 20.3. The van der Waals surface area contributed by atoms with Crippen molar-refractivity contribution in [2.24, 2.45) is 4.99 Å². The summed E-state index contributed by atoms with van der Waals surface area (Å²) in [5, 5.41) is 0.225. The number of ether oxygens (including phenoxy) is 2. The van der Waals surface area contributed by atoms with Gasteiger partial charge in [-0.25, -0.2) is 9.98 Å². The van der Waals surface area contributed by atoms with Crippen molar-refractivity contribution < 1.29 is 14.3 Å². The van der Waals surface area contributed by atoms with Crippen molar-refractivity contribution >= 4 is 29.0 Å². The molecule has 32 heavy (non-hydrogen) atoms. The summed E-state index contributed by atoms with van der Waals surface area (Å²) in [5.41, 5.74) is 2.03. The molecule has 0 bridgehead atoms. The highest BCUT2D eigenvalue weighted by Crippen LogP contribution is 2.42. The summed E-state index contributed by atoms with van der Waals surface area (Å²) in [6, 6.07) is 16.9. The largest absolute Gasteiger partial charge is 0.493 e. The molecule has 0 aliphatic carbocycles. The monoisotopic (exact) mass is 448 g/mol. The van der Waals surface area contributed by atoms with Crippen molar-refractivity contribution in [3.63, 3.8) is 0 Å². The molecular formula is C24H21ClN4O3. The van der Waals surface area contributed by atoms with E-state index in [0.717, 1.165) is 17.1 Å². The maximum absolute atomic E-state index is 12.9. The first-order valence-corrected chi connectivity index (χ1v) is 10.7. The van der Waals surface area contributed by atoms with Crippen LogP contribution in [0.3, 0.4) is 0 Å². The lowest BCUT2D eigenvalue weighted by molar-refractivity contribution is 0.0692. The van der Waals surface area contributed by atoms with Gasteiger partial charge in [0.15, 0.2) is 17.2 Å². The summed E-state index contributed by atoms with van der Waals surface area (Å²) < 4.78 is 11.8. The number of pyridine rings is 1. The molecule has 0 spiro atoms. The molecule has 8 heteroatoms. The normalized spacial score (nSPS) is 15.1. The molecule has 2 aliphatic heterocycles. The van der Waals surface area contributed by atoms with Gasteiger partial charge in [-0.3, -0.25) is 4.79 Å². The van der Waals surface area contributed by atoms with Crippen molar-refractivity contribution in [1.29, 1.82) is 0 Å². The highest BCUT2D eigenvalue weighted by atomic mass is 35.5. The quantitative estimate of drug-likeness (QED) is 0.544. The molecule has 0 saturated carbocycles. The predicted octanol–water partition coefficient (Wildman–Crippen LogP) is 4.39. The minimum atomic E-state index is -0.110. The van der Waals surface area contributed by atoms with Gasteiger partial charge in [0, 0.05) is 32.4 Å².